The summed E-state index contributed by atoms with van der Waals surface area (Å²) in [5.74, 6) is 0.194. The van der Waals surface area contributed by atoms with Crippen LogP contribution in [0.2, 0.25) is 0 Å². The molecule has 1 aliphatic heterocycles. The van der Waals surface area contributed by atoms with Gasteiger partial charge in [0.1, 0.15) is 0 Å². The van der Waals surface area contributed by atoms with E-state index in [0.717, 1.165) is 38.9 Å². The van der Waals surface area contributed by atoms with Crippen molar-refractivity contribution in [3.05, 3.63) is 0 Å². The zero-order valence-electron chi connectivity index (χ0n) is 10.9. The van der Waals surface area contributed by atoms with Crippen molar-refractivity contribution in [2.45, 2.75) is 44.9 Å². The van der Waals surface area contributed by atoms with Gasteiger partial charge in [-0.05, 0) is 45.3 Å². The Morgan fingerprint density at radius 2 is 1.88 bits per heavy atom. The van der Waals surface area contributed by atoms with E-state index >= 15 is 0 Å². The molecule has 0 atom stereocenters. The van der Waals surface area contributed by atoms with Crippen molar-refractivity contribution >= 4 is 5.91 Å². The standard InChI is InChI=1S/C13H27N3O/c14-8-4-1-3-7-13(17)15-9-12-16-10-5-2-6-11-16/h1-12,14H2,(H,15,17). The van der Waals surface area contributed by atoms with Gasteiger partial charge >= 0.3 is 0 Å². The van der Waals surface area contributed by atoms with Crippen LogP contribution in [0.4, 0.5) is 0 Å². The predicted octanol–water partition coefficient (Wildman–Crippen LogP) is 1.11. The lowest BCUT2D eigenvalue weighted by atomic mass is 10.1. The third-order valence-corrected chi connectivity index (χ3v) is 3.31. The summed E-state index contributed by atoms with van der Waals surface area (Å²) >= 11 is 0. The number of carbonyl (C=O) groups excluding carboxylic acids is 1. The van der Waals surface area contributed by atoms with Gasteiger partial charge in [-0.25, -0.2) is 0 Å². The second-order valence-corrected chi connectivity index (χ2v) is 4.85. The van der Waals surface area contributed by atoms with Crippen LogP contribution in [0.3, 0.4) is 0 Å². The molecule has 0 aromatic rings. The van der Waals surface area contributed by atoms with Gasteiger partial charge in [0.2, 0.25) is 5.91 Å². The Morgan fingerprint density at radius 3 is 2.59 bits per heavy atom. The molecule has 4 nitrogen and oxygen atoms in total. The average Bonchev–Trinajstić information content (AvgIpc) is 2.36. The van der Waals surface area contributed by atoms with Gasteiger partial charge in [-0.3, -0.25) is 4.79 Å². The fourth-order valence-electron chi connectivity index (χ4n) is 2.23. The van der Waals surface area contributed by atoms with Crippen molar-refractivity contribution < 1.29 is 4.79 Å². The molecule has 0 aromatic heterocycles. The van der Waals surface area contributed by atoms with E-state index in [1.54, 1.807) is 0 Å². The highest BCUT2D eigenvalue weighted by atomic mass is 16.1. The number of nitrogens with zero attached hydrogens (tertiary/aromatic N) is 1. The molecule has 0 aromatic carbocycles. The molecule has 0 saturated carbocycles. The number of rotatable bonds is 8. The van der Waals surface area contributed by atoms with E-state index in [-0.39, 0.29) is 5.91 Å². The smallest absolute Gasteiger partial charge is 0.220 e. The quantitative estimate of drug-likeness (QED) is 0.626. The molecular formula is C13H27N3O. The molecule has 1 amide bonds. The molecule has 0 aliphatic carbocycles. The van der Waals surface area contributed by atoms with E-state index in [1.165, 1.54) is 32.4 Å². The summed E-state index contributed by atoms with van der Waals surface area (Å²) < 4.78 is 0. The molecule has 1 heterocycles. The molecule has 100 valence electrons. The summed E-state index contributed by atoms with van der Waals surface area (Å²) in [6.45, 7) is 4.94. The first kappa shape index (κ1) is 14.5. The topological polar surface area (TPSA) is 58.4 Å². The van der Waals surface area contributed by atoms with Gasteiger partial charge in [0.15, 0.2) is 0 Å². The number of nitrogens with two attached hydrogens (primary N) is 1. The summed E-state index contributed by atoms with van der Waals surface area (Å²) in [6, 6.07) is 0. The maximum atomic E-state index is 11.5. The number of unbranched alkanes of at least 4 members (excludes halogenated alkanes) is 2. The molecule has 4 heteroatoms. The molecule has 1 fully saturated rings. The molecule has 3 N–H and O–H groups in total. The van der Waals surface area contributed by atoms with Crippen molar-refractivity contribution in [1.82, 2.24) is 10.2 Å². The van der Waals surface area contributed by atoms with E-state index in [9.17, 15) is 4.79 Å². The van der Waals surface area contributed by atoms with Crippen LogP contribution in [0.15, 0.2) is 0 Å². The van der Waals surface area contributed by atoms with Crippen molar-refractivity contribution in [3.63, 3.8) is 0 Å². The van der Waals surface area contributed by atoms with Gasteiger partial charge < -0.3 is 16.0 Å². The van der Waals surface area contributed by atoms with E-state index in [0.29, 0.717) is 6.42 Å². The highest BCUT2D eigenvalue weighted by Gasteiger charge is 2.09. The Morgan fingerprint density at radius 1 is 1.12 bits per heavy atom. The van der Waals surface area contributed by atoms with Gasteiger partial charge in [0, 0.05) is 19.5 Å². The molecule has 17 heavy (non-hydrogen) atoms. The number of piperidine rings is 1. The van der Waals surface area contributed by atoms with Crippen LogP contribution in [0.25, 0.3) is 0 Å². The first-order valence-corrected chi connectivity index (χ1v) is 7.02. The fraction of sp³-hybridized carbons (Fsp3) is 0.923. The van der Waals surface area contributed by atoms with Gasteiger partial charge in [-0.15, -0.1) is 0 Å². The van der Waals surface area contributed by atoms with Crippen LogP contribution in [0.1, 0.15) is 44.9 Å². The van der Waals surface area contributed by atoms with Gasteiger partial charge in [-0.1, -0.05) is 12.8 Å². The molecule has 0 spiro atoms. The minimum absolute atomic E-state index is 0.194. The number of carbonyl (C=O) groups is 1. The molecule has 1 rings (SSSR count). The number of hydrogen-bond acceptors (Lipinski definition) is 3. The first-order valence-electron chi connectivity index (χ1n) is 7.02. The van der Waals surface area contributed by atoms with Crippen LogP contribution in [0.5, 0.6) is 0 Å². The maximum absolute atomic E-state index is 11.5. The second-order valence-electron chi connectivity index (χ2n) is 4.85. The molecule has 1 aliphatic rings. The lowest BCUT2D eigenvalue weighted by Crippen LogP contribution is -2.37. The number of amides is 1. The summed E-state index contributed by atoms with van der Waals surface area (Å²) in [4.78, 5) is 13.9. The molecule has 0 radical (unpaired) electrons. The highest BCUT2D eigenvalue weighted by molar-refractivity contribution is 5.75. The van der Waals surface area contributed by atoms with Gasteiger partial charge in [0.25, 0.3) is 0 Å². The number of nitrogens with one attached hydrogen (secondary N) is 1. The van der Waals surface area contributed by atoms with Crippen LogP contribution in [0, 0.1) is 0 Å². The monoisotopic (exact) mass is 241 g/mol. The number of likely N-dealkylation sites (tertiary alicyclic amines) is 1. The van der Waals surface area contributed by atoms with Crippen LogP contribution < -0.4 is 11.1 Å². The fourth-order valence-corrected chi connectivity index (χ4v) is 2.23. The Bertz CT molecular complexity index is 203. The first-order chi connectivity index (χ1) is 8.33. The normalized spacial score (nSPS) is 17.0. The van der Waals surface area contributed by atoms with Crippen LogP contribution in [-0.4, -0.2) is 43.5 Å². The predicted molar refractivity (Wildman–Crippen MR) is 70.8 cm³/mol. The summed E-state index contributed by atoms with van der Waals surface area (Å²) in [5, 5.41) is 3.00. The Labute approximate surface area is 105 Å². The van der Waals surface area contributed by atoms with E-state index in [4.69, 9.17) is 5.73 Å². The van der Waals surface area contributed by atoms with E-state index < -0.39 is 0 Å². The minimum Gasteiger partial charge on any atom is -0.355 e. The highest BCUT2D eigenvalue weighted by Crippen LogP contribution is 2.07. The molecule has 1 saturated heterocycles. The average molecular weight is 241 g/mol. The maximum Gasteiger partial charge on any atom is 0.220 e. The van der Waals surface area contributed by atoms with Crippen LogP contribution in [-0.2, 0) is 4.79 Å². The van der Waals surface area contributed by atoms with E-state index in [1.807, 2.05) is 0 Å². The Hall–Kier alpha value is -0.610. The van der Waals surface area contributed by atoms with Gasteiger partial charge in [-0.2, -0.15) is 0 Å². The molecular weight excluding hydrogens is 214 g/mol. The van der Waals surface area contributed by atoms with Crippen molar-refractivity contribution in [1.29, 1.82) is 0 Å². The second kappa shape index (κ2) is 9.42. The van der Waals surface area contributed by atoms with E-state index in [2.05, 4.69) is 10.2 Å². The SMILES string of the molecule is NCCCCCC(=O)NCCN1CCCCC1. The third kappa shape index (κ3) is 7.34. The number of hydrogen-bond donors (Lipinski definition) is 2. The molecule has 0 unspecified atom stereocenters. The lowest BCUT2D eigenvalue weighted by molar-refractivity contribution is -0.121. The Kier molecular flexibility index (Phi) is 8.01. The lowest BCUT2D eigenvalue weighted by Gasteiger charge is -2.26. The zero-order chi connectivity index (χ0) is 12.3. The van der Waals surface area contributed by atoms with Crippen molar-refractivity contribution in [2.24, 2.45) is 5.73 Å². The Balaban J connectivity index is 1.92. The van der Waals surface area contributed by atoms with Crippen molar-refractivity contribution in [2.75, 3.05) is 32.7 Å². The van der Waals surface area contributed by atoms with Crippen LogP contribution >= 0.6 is 0 Å². The third-order valence-electron chi connectivity index (χ3n) is 3.31. The largest absolute Gasteiger partial charge is 0.355 e. The molecule has 0 bridgehead atoms. The summed E-state index contributed by atoms with van der Waals surface area (Å²) in [6.07, 6.45) is 7.70. The summed E-state index contributed by atoms with van der Waals surface area (Å²) in [7, 11) is 0. The zero-order valence-corrected chi connectivity index (χ0v) is 10.9. The van der Waals surface area contributed by atoms with Gasteiger partial charge in [0.05, 0.1) is 0 Å². The van der Waals surface area contributed by atoms with Crippen molar-refractivity contribution in [3.8, 4) is 0 Å². The minimum atomic E-state index is 0.194. The summed E-state index contributed by atoms with van der Waals surface area (Å²) in [5.41, 5.74) is 5.40.